The van der Waals surface area contributed by atoms with Gasteiger partial charge in [0.05, 0.1) is 13.0 Å². The largest absolute Gasteiger partial charge is 0.493 e. The number of likely N-dealkylation sites (tertiary alicyclic amines) is 1. The molecule has 0 spiro atoms. The van der Waals surface area contributed by atoms with E-state index >= 15 is 0 Å². The molecule has 0 bridgehead atoms. The molecule has 1 fully saturated rings. The summed E-state index contributed by atoms with van der Waals surface area (Å²) in [4.78, 5) is 14.1. The number of carbonyl (C=O) groups excluding carboxylic acids is 1. The van der Waals surface area contributed by atoms with Gasteiger partial charge in [0.25, 0.3) is 0 Å². The standard InChI is InChI=1S/C17H26N2O2/c1-2-18-14-15-8-11-19(12-9-15)17(20)10-13-21-16-6-4-3-5-7-16/h3-7,15,18H,2,8-14H2,1H3. The Hall–Kier alpha value is -1.55. The molecule has 1 aliphatic heterocycles. The van der Waals surface area contributed by atoms with Gasteiger partial charge in [0.2, 0.25) is 5.91 Å². The highest BCUT2D eigenvalue weighted by Crippen LogP contribution is 2.17. The molecule has 4 heteroatoms. The number of benzene rings is 1. The SMILES string of the molecule is CCNCC1CCN(C(=O)CCOc2ccccc2)CC1. The van der Waals surface area contributed by atoms with Gasteiger partial charge in [-0.25, -0.2) is 0 Å². The van der Waals surface area contributed by atoms with Crippen LogP contribution in [-0.4, -0.2) is 43.6 Å². The van der Waals surface area contributed by atoms with E-state index in [0.29, 0.717) is 13.0 Å². The first-order valence-electron chi connectivity index (χ1n) is 7.96. The monoisotopic (exact) mass is 290 g/mol. The third-order valence-electron chi connectivity index (χ3n) is 3.98. The number of piperidine rings is 1. The molecule has 0 aliphatic carbocycles. The van der Waals surface area contributed by atoms with Gasteiger partial charge in [-0.2, -0.15) is 0 Å². The Labute approximate surface area is 127 Å². The van der Waals surface area contributed by atoms with Crippen LogP contribution >= 0.6 is 0 Å². The van der Waals surface area contributed by atoms with E-state index in [9.17, 15) is 4.79 Å². The number of amides is 1. The van der Waals surface area contributed by atoms with E-state index in [1.807, 2.05) is 35.2 Å². The van der Waals surface area contributed by atoms with Gasteiger partial charge in [-0.05, 0) is 44.0 Å². The maximum atomic E-state index is 12.1. The van der Waals surface area contributed by atoms with Crippen LogP contribution in [0, 0.1) is 5.92 Å². The lowest BCUT2D eigenvalue weighted by atomic mass is 9.96. The van der Waals surface area contributed by atoms with E-state index in [4.69, 9.17) is 4.74 Å². The predicted molar refractivity (Wildman–Crippen MR) is 84.4 cm³/mol. The smallest absolute Gasteiger partial charge is 0.225 e. The van der Waals surface area contributed by atoms with Gasteiger partial charge in [-0.1, -0.05) is 25.1 Å². The zero-order chi connectivity index (χ0) is 14.9. The molecule has 1 saturated heterocycles. The lowest BCUT2D eigenvalue weighted by molar-refractivity contribution is -0.133. The predicted octanol–water partition coefficient (Wildman–Crippen LogP) is 2.30. The van der Waals surface area contributed by atoms with Crippen LogP contribution < -0.4 is 10.1 Å². The van der Waals surface area contributed by atoms with Gasteiger partial charge in [0.1, 0.15) is 5.75 Å². The molecule has 0 atom stereocenters. The van der Waals surface area contributed by atoms with Crippen molar-refractivity contribution >= 4 is 5.91 Å². The Bertz CT molecular complexity index is 414. The Morgan fingerprint density at radius 2 is 2.00 bits per heavy atom. The first kappa shape index (κ1) is 15.8. The fourth-order valence-electron chi connectivity index (χ4n) is 2.67. The van der Waals surface area contributed by atoms with Crippen LogP contribution in [0.15, 0.2) is 30.3 Å². The van der Waals surface area contributed by atoms with Gasteiger partial charge in [0, 0.05) is 13.1 Å². The average molecular weight is 290 g/mol. The molecule has 1 amide bonds. The fourth-order valence-corrected chi connectivity index (χ4v) is 2.67. The average Bonchev–Trinajstić information content (AvgIpc) is 2.54. The number of hydrogen-bond acceptors (Lipinski definition) is 3. The van der Waals surface area contributed by atoms with Crippen LogP contribution in [0.4, 0.5) is 0 Å². The lowest BCUT2D eigenvalue weighted by Crippen LogP contribution is -2.41. The van der Waals surface area contributed by atoms with Crippen molar-refractivity contribution in [3.63, 3.8) is 0 Å². The Morgan fingerprint density at radius 3 is 2.67 bits per heavy atom. The summed E-state index contributed by atoms with van der Waals surface area (Å²) >= 11 is 0. The topological polar surface area (TPSA) is 41.6 Å². The van der Waals surface area contributed by atoms with Gasteiger partial charge >= 0.3 is 0 Å². The molecule has 21 heavy (non-hydrogen) atoms. The molecule has 1 aromatic carbocycles. The van der Waals surface area contributed by atoms with Crippen LogP contribution in [0.3, 0.4) is 0 Å². The minimum atomic E-state index is 0.216. The van der Waals surface area contributed by atoms with Gasteiger partial charge < -0.3 is 15.0 Å². The van der Waals surface area contributed by atoms with Crippen LogP contribution in [0.2, 0.25) is 0 Å². The first-order valence-corrected chi connectivity index (χ1v) is 7.96. The molecule has 0 saturated carbocycles. The first-order chi connectivity index (χ1) is 10.3. The molecule has 2 rings (SSSR count). The number of hydrogen-bond donors (Lipinski definition) is 1. The summed E-state index contributed by atoms with van der Waals surface area (Å²) in [5, 5.41) is 3.39. The number of nitrogens with one attached hydrogen (secondary N) is 1. The van der Waals surface area contributed by atoms with Crippen molar-refractivity contribution in [2.75, 3.05) is 32.8 Å². The van der Waals surface area contributed by atoms with E-state index in [0.717, 1.165) is 50.7 Å². The lowest BCUT2D eigenvalue weighted by Gasteiger charge is -2.32. The van der Waals surface area contributed by atoms with E-state index < -0.39 is 0 Å². The summed E-state index contributed by atoms with van der Waals surface area (Å²) in [6.07, 6.45) is 2.68. The van der Waals surface area contributed by atoms with Crippen molar-refractivity contribution in [2.45, 2.75) is 26.2 Å². The van der Waals surface area contributed by atoms with Gasteiger partial charge in [-0.3, -0.25) is 4.79 Å². The molecule has 0 radical (unpaired) electrons. The Kier molecular flexibility index (Phi) is 6.54. The molecule has 1 heterocycles. The number of ether oxygens (including phenoxy) is 1. The zero-order valence-electron chi connectivity index (χ0n) is 12.9. The highest BCUT2D eigenvalue weighted by Gasteiger charge is 2.22. The summed E-state index contributed by atoms with van der Waals surface area (Å²) in [5.41, 5.74) is 0. The maximum absolute atomic E-state index is 12.1. The molecule has 1 aromatic rings. The van der Waals surface area contributed by atoms with Crippen LogP contribution in [-0.2, 0) is 4.79 Å². The van der Waals surface area contributed by atoms with Crippen molar-refractivity contribution in [1.82, 2.24) is 10.2 Å². The van der Waals surface area contributed by atoms with Gasteiger partial charge in [0.15, 0.2) is 0 Å². The number of rotatable bonds is 7. The third-order valence-corrected chi connectivity index (χ3v) is 3.98. The van der Waals surface area contributed by atoms with E-state index in [1.54, 1.807) is 0 Å². The Morgan fingerprint density at radius 1 is 1.29 bits per heavy atom. The molecular formula is C17H26N2O2. The zero-order valence-corrected chi connectivity index (χ0v) is 12.9. The molecule has 0 unspecified atom stereocenters. The normalized spacial score (nSPS) is 16.0. The van der Waals surface area contributed by atoms with Crippen LogP contribution in [0.1, 0.15) is 26.2 Å². The molecule has 116 valence electrons. The molecule has 4 nitrogen and oxygen atoms in total. The van der Waals surface area contributed by atoms with Crippen molar-refractivity contribution in [3.8, 4) is 5.75 Å². The quantitative estimate of drug-likeness (QED) is 0.838. The van der Waals surface area contributed by atoms with Crippen LogP contribution in [0.5, 0.6) is 5.75 Å². The van der Waals surface area contributed by atoms with Crippen LogP contribution in [0.25, 0.3) is 0 Å². The molecule has 1 aliphatic rings. The summed E-state index contributed by atoms with van der Waals surface area (Å²) < 4.78 is 5.58. The molecular weight excluding hydrogens is 264 g/mol. The van der Waals surface area contributed by atoms with Crippen molar-refractivity contribution in [2.24, 2.45) is 5.92 Å². The van der Waals surface area contributed by atoms with E-state index in [1.165, 1.54) is 0 Å². The second kappa shape index (κ2) is 8.67. The second-order valence-corrected chi connectivity index (χ2v) is 5.54. The second-order valence-electron chi connectivity index (χ2n) is 5.54. The minimum absolute atomic E-state index is 0.216. The number of nitrogens with zero attached hydrogens (tertiary/aromatic N) is 1. The van der Waals surface area contributed by atoms with Crippen molar-refractivity contribution < 1.29 is 9.53 Å². The molecule has 0 aromatic heterocycles. The van der Waals surface area contributed by atoms with Crippen molar-refractivity contribution in [3.05, 3.63) is 30.3 Å². The highest BCUT2D eigenvalue weighted by atomic mass is 16.5. The van der Waals surface area contributed by atoms with E-state index in [2.05, 4.69) is 12.2 Å². The number of carbonyl (C=O) groups is 1. The summed E-state index contributed by atoms with van der Waals surface area (Å²) in [7, 11) is 0. The molecule has 1 N–H and O–H groups in total. The van der Waals surface area contributed by atoms with Crippen molar-refractivity contribution in [1.29, 1.82) is 0 Å². The van der Waals surface area contributed by atoms with Gasteiger partial charge in [-0.15, -0.1) is 0 Å². The highest BCUT2D eigenvalue weighted by molar-refractivity contribution is 5.76. The Balaban J connectivity index is 1.63. The fraction of sp³-hybridized carbons (Fsp3) is 0.588. The van der Waals surface area contributed by atoms with E-state index in [-0.39, 0.29) is 5.91 Å². The maximum Gasteiger partial charge on any atom is 0.225 e. The number of para-hydroxylation sites is 1. The minimum Gasteiger partial charge on any atom is -0.493 e. The third kappa shape index (κ3) is 5.38. The summed E-state index contributed by atoms with van der Waals surface area (Å²) in [6.45, 7) is 6.47. The summed E-state index contributed by atoms with van der Waals surface area (Å²) in [5.74, 6) is 1.76. The summed E-state index contributed by atoms with van der Waals surface area (Å²) in [6, 6.07) is 9.65.